The molecule has 0 saturated carbocycles. The first kappa shape index (κ1) is 16.3. The van der Waals surface area contributed by atoms with Crippen LogP contribution in [0, 0.1) is 0 Å². The fourth-order valence-corrected chi connectivity index (χ4v) is 3.08. The number of rotatable bonds is 5. The second-order valence-corrected chi connectivity index (χ2v) is 6.88. The fraction of sp³-hybridized carbons (Fsp3) is 0.176. The summed E-state index contributed by atoms with van der Waals surface area (Å²) in [6, 6.07) is 7.45. The Labute approximate surface area is 153 Å². The smallest absolute Gasteiger partial charge is 0.211 e. The van der Waals surface area contributed by atoms with E-state index in [4.69, 9.17) is 0 Å². The van der Waals surface area contributed by atoms with Crippen LogP contribution in [0.25, 0.3) is 11.0 Å². The lowest BCUT2D eigenvalue weighted by Crippen LogP contribution is -1.99. The SMILES string of the molecule is CC(C)c1nnc(Nc2ccc3nccc(Nc4ccncn4)c3n2)s1. The molecule has 0 aliphatic heterocycles. The molecule has 0 radical (unpaired) electrons. The Bertz CT molecular complexity index is 1030. The van der Waals surface area contributed by atoms with E-state index in [1.165, 1.54) is 17.7 Å². The summed E-state index contributed by atoms with van der Waals surface area (Å²) in [6.07, 6.45) is 4.91. The van der Waals surface area contributed by atoms with Crippen molar-refractivity contribution in [3.63, 3.8) is 0 Å². The molecule has 4 rings (SSSR count). The zero-order valence-corrected chi connectivity index (χ0v) is 15.0. The number of aromatic nitrogens is 6. The summed E-state index contributed by atoms with van der Waals surface area (Å²) >= 11 is 1.53. The van der Waals surface area contributed by atoms with Gasteiger partial charge in [-0.25, -0.2) is 15.0 Å². The molecular formula is C17H16N8S. The first-order chi connectivity index (χ1) is 12.7. The molecule has 0 unspecified atom stereocenters. The van der Waals surface area contributed by atoms with Gasteiger partial charge in [-0.2, -0.15) is 0 Å². The van der Waals surface area contributed by atoms with Crippen molar-refractivity contribution in [3.8, 4) is 0 Å². The quantitative estimate of drug-likeness (QED) is 0.550. The van der Waals surface area contributed by atoms with Gasteiger partial charge in [0.25, 0.3) is 0 Å². The second kappa shape index (κ2) is 6.96. The predicted molar refractivity (Wildman–Crippen MR) is 102 cm³/mol. The number of hydrogen-bond donors (Lipinski definition) is 2. The van der Waals surface area contributed by atoms with Gasteiger partial charge in [-0.1, -0.05) is 25.2 Å². The van der Waals surface area contributed by atoms with Gasteiger partial charge in [-0.05, 0) is 24.3 Å². The van der Waals surface area contributed by atoms with Crippen LogP contribution < -0.4 is 10.6 Å². The molecule has 0 atom stereocenters. The summed E-state index contributed by atoms with van der Waals surface area (Å²) in [4.78, 5) is 17.2. The van der Waals surface area contributed by atoms with E-state index < -0.39 is 0 Å². The Morgan fingerprint density at radius 1 is 0.923 bits per heavy atom. The molecule has 4 aromatic rings. The van der Waals surface area contributed by atoms with Crippen molar-refractivity contribution < 1.29 is 0 Å². The minimum atomic E-state index is 0.348. The minimum Gasteiger partial charge on any atom is -0.338 e. The van der Waals surface area contributed by atoms with Gasteiger partial charge in [0, 0.05) is 18.3 Å². The van der Waals surface area contributed by atoms with E-state index in [0.29, 0.717) is 17.6 Å². The molecule has 26 heavy (non-hydrogen) atoms. The highest BCUT2D eigenvalue weighted by atomic mass is 32.1. The van der Waals surface area contributed by atoms with Gasteiger partial charge < -0.3 is 10.6 Å². The maximum Gasteiger partial charge on any atom is 0.211 e. The van der Waals surface area contributed by atoms with E-state index in [0.717, 1.165) is 26.9 Å². The molecule has 4 aromatic heterocycles. The second-order valence-electron chi connectivity index (χ2n) is 5.87. The van der Waals surface area contributed by atoms with Crippen LogP contribution in [0.2, 0.25) is 0 Å². The van der Waals surface area contributed by atoms with Crippen LogP contribution in [0.5, 0.6) is 0 Å². The number of nitrogens with zero attached hydrogens (tertiary/aromatic N) is 6. The van der Waals surface area contributed by atoms with E-state index in [2.05, 4.69) is 54.6 Å². The van der Waals surface area contributed by atoms with Gasteiger partial charge in [0.05, 0.1) is 11.2 Å². The largest absolute Gasteiger partial charge is 0.338 e. The Kier molecular flexibility index (Phi) is 4.36. The van der Waals surface area contributed by atoms with E-state index in [1.807, 2.05) is 18.2 Å². The molecule has 2 N–H and O–H groups in total. The molecule has 0 bridgehead atoms. The Hall–Kier alpha value is -3.20. The van der Waals surface area contributed by atoms with Crippen molar-refractivity contribution in [3.05, 3.63) is 48.0 Å². The third-order valence-corrected chi connectivity index (χ3v) is 4.74. The first-order valence-electron chi connectivity index (χ1n) is 8.08. The van der Waals surface area contributed by atoms with Crippen LogP contribution in [-0.2, 0) is 0 Å². The summed E-state index contributed by atoms with van der Waals surface area (Å²) in [6.45, 7) is 4.19. The lowest BCUT2D eigenvalue weighted by Gasteiger charge is -2.09. The highest BCUT2D eigenvalue weighted by Crippen LogP contribution is 2.27. The Morgan fingerprint density at radius 2 is 1.85 bits per heavy atom. The first-order valence-corrected chi connectivity index (χ1v) is 8.90. The van der Waals surface area contributed by atoms with Crippen LogP contribution >= 0.6 is 11.3 Å². The summed E-state index contributed by atoms with van der Waals surface area (Å²) in [5, 5.41) is 16.5. The van der Waals surface area contributed by atoms with Crippen molar-refractivity contribution in [2.75, 3.05) is 10.6 Å². The molecule has 8 nitrogen and oxygen atoms in total. The molecule has 4 heterocycles. The molecule has 0 aromatic carbocycles. The maximum atomic E-state index is 4.68. The highest BCUT2D eigenvalue weighted by Gasteiger charge is 2.10. The third-order valence-electron chi connectivity index (χ3n) is 3.60. The van der Waals surface area contributed by atoms with Gasteiger partial charge in [-0.15, -0.1) is 10.2 Å². The average Bonchev–Trinajstić information content (AvgIpc) is 3.12. The molecule has 0 spiro atoms. The molecule has 0 amide bonds. The van der Waals surface area contributed by atoms with Crippen molar-refractivity contribution >= 4 is 44.8 Å². The number of nitrogens with one attached hydrogen (secondary N) is 2. The molecule has 0 saturated heterocycles. The molecule has 0 aliphatic rings. The van der Waals surface area contributed by atoms with Crippen molar-refractivity contribution in [2.24, 2.45) is 0 Å². The summed E-state index contributed by atoms with van der Waals surface area (Å²) in [5.41, 5.74) is 2.34. The van der Waals surface area contributed by atoms with Gasteiger partial charge in [0.1, 0.15) is 28.5 Å². The molecule has 0 fully saturated rings. The molecular weight excluding hydrogens is 348 g/mol. The molecule has 0 aliphatic carbocycles. The summed E-state index contributed by atoms with van der Waals surface area (Å²) in [7, 11) is 0. The van der Waals surface area contributed by atoms with Crippen LogP contribution in [0.4, 0.5) is 22.5 Å². The number of hydrogen-bond acceptors (Lipinski definition) is 9. The molecule has 9 heteroatoms. The third kappa shape index (κ3) is 3.42. The van der Waals surface area contributed by atoms with Crippen molar-refractivity contribution in [2.45, 2.75) is 19.8 Å². The highest BCUT2D eigenvalue weighted by molar-refractivity contribution is 7.15. The summed E-state index contributed by atoms with van der Waals surface area (Å²) < 4.78 is 0. The maximum absolute atomic E-state index is 4.68. The standard InChI is InChI=1S/C17H16N8S/c1-10(2)16-24-25-17(26-16)23-14-4-3-11-15(22-14)12(5-8-19-11)21-13-6-7-18-9-20-13/h3-10H,1-2H3,(H,22,23,25)(H,18,19,20,21). The lowest BCUT2D eigenvalue weighted by molar-refractivity contribution is 0.825. The lowest BCUT2D eigenvalue weighted by atomic mass is 10.2. The topological polar surface area (TPSA) is 101 Å². The Morgan fingerprint density at radius 3 is 2.62 bits per heavy atom. The fourth-order valence-electron chi connectivity index (χ4n) is 2.33. The molecule has 130 valence electrons. The van der Waals surface area contributed by atoms with Crippen LogP contribution in [0.15, 0.2) is 43.0 Å². The number of fused-ring (bicyclic) bond motifs is 1. The Balaban J connectivity index is 1.65. The van der Waals surface area contributed by atoms with E-state index in [-0.39, 0.29) is 0 Å². The van der Waals surface area contributed by atoms with E-state index in [1.54, 1.807) is 18.5 Å². The summed E-state index contributed by atoms with van der Waals surface area (Å²) in [5.74, 6) is 1.72. The van der Waals surface area contributed by atoms with Crippen LogP contribution in [0.1, 0.15) is 24.8 Å². The number of anilines is 4. The monoisotopic (exact) mass is 364 g/mol. The zero-order valence-electron chi connectivity index (χ0n) is 14.2. The van der Waals surface area contributed by atoms with E-state index >= 15 is 0 Å². The number of pyridine rings is 2. The van der Waals surface area contributed by atoms with Gasteiger partial charge >= 0.3 is 0 Å². The average molecular weight is 364 g/mol. The normalized spacial score (nSPS) is 11.0. The zero-order chi connectivity index (χ0) is 17.9. The van der Waals surface area contributed by atoms with Crippen LogP contribution in [0.3, 0.4) is 0 Å². The van der Waals surface area contributed by atoms with Crippen molar-refractivity contribution in [1.82, 2.24) is 30.1 Å². The van der Waals surface area contributed by atoms with Gasteiger partial charge in [-0.3, -0.25) is 4.98 Å². The minimum absolute atomic E-state index is 0.348. The predicted octanol–water partition coefficient (Wildman–Crippen LogP) is 3.88. The van der Waals surface area contributed by atoms with E-state index in [9.17, 15) is 0 Å². The van der Waals surface area contributed by atoms with Crippen LogP contribution in [-0.4, -0.2) is 30.1 Å². The van der Waals surface area contributed by atoms with Gasteiger partial charge in [0.15, 0.2) is 0 Å². The van der Waals surface area contributed by atoms with Crippen molar-refractivity contribution in [1.29, 1.82) is 0 Å². The van der Waals surface area contributed by atoms with Gasteiger partial charge in [0.2, 0.25) is 5.13 Å².